The topological polar surface area (TPSA) is 237 Å². The molecule has 0 aliphatic heterocycles. The van der Waals surface area contributed by atoms with Crippen molar-refractivity contribution in [2.75, 3.05) is 39.6 Å². The van der Waals surface area contributed by atoms with E-state index in [1.807, 2.05) is 12.2 Å². The SMILES string of the molecule is CC/C=C\C/C=C\C/C=C\C/C=C\C/C=C\CC(=O)OC(COC(=O)CCCCCCCC/C=C\C/C=C\C/C=C\C/C=C\CC)COP(=O)(O)OCC(O)COP(=O)(O)OCC(COC(=O)CCCCCC/C=C\C/C=C\C/C=C\C/C=C\CC)OC(=O)CCCC/C=C\C/C=C\C/C=C\C/C=C\CC. The highest BCUT2D eigenvalue weighted by atomic mass is 31.2. The van der Waals surface area contributed by atoms with Gasteiger partial charge in [-0.25, -0.2) is 9.13 Å². The third-order valence-electron chi connectivity index (χ3n) is 15.3. The highest BCUT2D eigenvalue weighted by molar-refractivity contribution is 7.47. The van der Waals surface area contributed by atoms with Gasteiger partial charge < -0.3 is 33.8 Å². The van der Waals surface area contributed by atoms with Crippen LogP contribution in [0.1, 0.15) is 259 Å². The Hall–Kier alpha value is -6.36. The molecule has 5 atom stereocenters. The number of hydrogen-bond donors (Lipinski definition) is 3. The second kappa shape index (κ2) is 76.8. The number of unbranched alkanes of at least 4 members (excludes halogenated alkanes) is 12. The molecule has 0 saturated carbocycles. The standard InChI is InChI=1S/C87H136O17P2/c1-5-9-13-17-21-25-29-33-37-39-40-42-46-48-52-56-60-64-68-72-85(90)98-78-83(104-87(92)74-70-66-62-58-54-50-44-36-32-28-24-20-16-12-8-4)80-102-106(95,96)100-76-81(88)75-99-105(93,94)101-79-82(103-86(91)73-69-65-61-57-53-49-43-35-31-27-23-19-15-11-7-3)77-97-84(89)71-67-63-59-55-51-47-45-41-38-34-30-26-22-18-14-10-6-2/h9-16,21-28,33-38,40,42-45,47,53-54,57-58,66,70,81-83,88H,5-8,17-20,29-32,39,41,46,48-52,55-56,59-65,67-69,71-80H2,1-4H3,(H,93,94)(H,95,96)/b13-9-,14-10-,15-11-,16-12-,25-21-,26-22-,27-23-,28-24-,37-33-,38-34-,42-40-,43-35-,44-36-,47-45-,57-53-,58-54-,70-66-. The van der Waals surface area contributed by atoms with Crippen LogP contribution < -0.4 is 0 Å². The lowest BCUT2D eigenvalue weighted by Crippen LogP contribution is -2.30. The molecule has 0 bridgehead atoms. The van der Waals surface area contributed by atoms with E-state index in [9.17, 15) is 43.2 Å². The first kappa shape index (κ1) is 99.6. The molecule has 106 heavy (non-hydrogen) atoms. The number of phosphoric ester groups is 2. The average Bonchev–Trinajstić information content (AvgIpc) is 0.902. The van der Waals surface area contributed by atoms with E-state index in [4.69, 9.17) is 37.0 Å². The number of phosphoric acid groups is 2. The fraction of sp³-hybridized carbons (Fsp3) is 0.563. The van der Waals surface area contributed by atoms with Crippen molar-refractivity contribution in [3.05, 3.63) is 207 Å². The largest absolute Gasteiger partial charge is 0.472 e. The maximum Gasteiger partial charge on any atom is 0.472 e. The quantitative estimate of drug-likeness (QED) is 0.0169. The van der Waals surface area contributed by atoms with Crippen LogP contribution in [0, 0.1) is 0 Å². The van der Waals surface area contributed by atoms with Gasteiger partial charge in [0.1, 0.15) is 19.3 Å². The Morgan fingerprint density at radius 1 is 0.274 bits per heavy atom. The predicted molar refractivity (Wildman–Crippen MR) is 435 cm³/mol. The fourth-order valence-electron chi connectivity index (χ4n) is 9.44. The molecule has 0 saturated heterocycles. The van der Waals surface area contributed by atoms with Crippen LogP contribution in [0.2, 0.25) is 0 Å². The van der Waals surface area contributed by atoms with Crippen LogP contribution in [0.4, 0.5) is 0 Å². The first-order chi connectivity index (χ1) is 51.7. The van der Waals surface area contributed by atoms with Crippen molar-refractivity contribution in [2.45, 2.75) is 277 Å². The lowest BCUT2D eigenvalue weighted by Gasteiger charge is -2.21. The smallest absolute Gasteiger partial charge is 0.462 e. The van der Waals surface area contributed by atoms with Crippen LogP contribution in [-0.2, 0) is 65.4 Å². The molecule has 596 valence electrons. The molecule has 0 rings (SSSR count). The van der Waals surface area contributed by atoms with Crippen molar-refractivity contribution in [3.63, 3.8) is 0 Å². The summed E-state index contributed by atoms with van der Waals surface area (Å²) in [5.41, 5.74) is 0. The number of aliphatic hydroxyl groups excluding tert-OH is 1. The minimum Gasteiger partial charge on any atom is -0.462 e. The summed E-state index contributed by atoms with van der Waals surface area (Å²) in [7, 11) is -10.0. The summed E-state index contributed by atoms with van der Waals surface area (Å²) in [6, 6.07) is 0. The van der Waals surface area contributed by atoms with Crippen molar-refractivity contribution < 1.29 is 80.2 Å². The van der Waals surface area contributed by atoms with Gasteiger partial charge in [-0.05, 0) is 167 Å². The second-order valence-electron chi connectivity index (χ2n) is 25.1. The van der Waals surface area contributed by atoms with Crippen molar-refractivity contribution in [1.29, 1.82) is 0 Å². The first-order valence-corrected chi connectivity index (χ1v) is 42.3. The number of ether oxygens (including phenoxy) is 4. The summed E-state index contributed by atoms with van der Waals surface area (Å²) >= 11 is 0. The molecule has 0 aromatic carbocycles. The molecule has 0 aliphatic rings. The maximum atomic E-state index is 13.1. The summed E-state index contributed by atoms with van der Waals surface area (Å²) in [5.74, 6) is -2.44. The van der Waals surface area contributed by atoms with Gasteiger partial charge >= 0.3 is 39.5 Å². The van der Waals surface area contributed by atoms with E-state index in [1.165, 1.54) is 0 Å². The molecule has 0 fully saturated rings. The Labute approximate surface area is 639 Å². The Bertz CT molecular complexity index is 2830. The van der Waals surface area contributed by atoms with E-state index in [0.29, 0.717) is 32.1 Å². The Morgan fingerprint density at radius 2 is 0.500 bits per heavy atom. The molecule has 0 aromatic rings. The maximum absolute atomic E-state index is 13.1. The molecule has 0 aromatic heterocycles. The van der Waals surface area contributed by atoms with Crippen LogP contribution in [-0.4, -0.2) is 96.7 Å². The fourth-order valence-corrected chi connectivity index (χ4v) is 11.0. The van der Waals surface area contributed by atoms with Gasteiger partial charge in [0.25, 0.3) is 0 Å². The van der Waals surface area contributed by atoms with Crippen LogP contribution in [0.3, 0.4) is 0 Å². The van der Waals surface area contributed by atoms with Crippen molar-refractivity contribution in [3.8, 4) is 0 Å². The number of carbonyl (C=O) groups excluding carboxylic acids is 4. The Balaban J connectivity index is 5.52. The van der Waals surface area contributed by atoms with E-state index in [2.05, 4.69) is 210 Å². The number of esters is 4. The third kappa shape index (κ3) is 75.9. The molecule has 0 radical (unpaired) electrons. The number of hydrogen-bond acceptors (Lipinski definition) is 15. The van der Waals surface area contributed by atoms with Crippen molar-refractivity contribution in [1.82, 2.24) is 0 Å². The molecular weight excluding hydrogens is 1380 g/mol. The number of carbonyl (C=O) groups is 4. The summed E-state index contributed by atoms with van der Waals surface area (Å²) in [6.07, 6.45) is 95.6. The highest BCUT2D eigenvalue weighted by Gasteiger charge is 2.30. The van der Waals surface area contributed by atoms with E-state index >= 15 is 0 Å². The number of aliphatic hydroxyl groups is 1. The molecule has 3 N–H and O–H groups in total. The van der Waals surface area contributed by atoms with Gasteiger partial charge in [0.2, 0.25) is 0 Å². The lowest BCUT2D eigenvalue weighted by atomic mass is 10.1. The predicted octanol–water partition coefficient (Wildman–Crippen LogP) is 23.1. The van der Waals surface area contributed by atoms with Gasteiger partial charge in [-0.1, -0.05) is 273 Å². The van der Waals surface area contributed by atoms with Gasteiger partial charge in [-0.3, -0.25) is 37.3 Å². The molecule has 0 heterocycles. The zero-order valence-corrected chi connectivity index (χ0v) is 66.8. The van der Waals surface area contributed by atoms with E-state index in [-0.39, 0.29) is 25.7 Å². The third-order valence-corrected chi connectivity index (χ3v) is 17.2. The normalized spacial score (nSPS) is 15.0. The van der Waals surface area contributed by atoms with Gasteiger partial charge in [0, 0.05) is 19.3 Å². The Morgan fingerprint density at radius 3 is 0.811 bits per heavy atom. The molecule has 0 amide bonds. The van der Waals surface area contributed by atoms with Crippen molar-refractivity contribution in [2.24, 2.45) is 0 Å². The second-order valence-corrected chi connectivity index (χ2v) is 28.0. The van der Waals surface area contributed by atoms with E-state index in [0.717, 1.165) is 173 Å². The number of allylic oxidation sites excluding steroid dienone is 33. The van der Waals surface area contributed by atoms with Crippen LogP contribution in [0.25, 0.3) is 0 Å². The lowest BCUT2D eigenvalue weighted by molar-refractivity contribution is -0.161. The monoisotopic (exact) mass is 1510 g/mol. The summed E-state index contributed by atoms with van der Waals surface area (Å²) in [5, 5.41) is 10.6. The van der Waals surface area contributed by atoms with Gasteiger partial charge in [0.15, 0.2) is 12.2 Å². The molecule has 19 heteroatoms. The van der Waals surface area contributed by atoms with Gasteiger partial charge in [-0.15, -0.1) is 0 Å². The van der Waals surface area contributed by atoms with Gasteiger partial charge in [0.05, 0.1) is 32.8 Å². The zero-order valence-electron chi connectivity index (χ0n) is 65.0. The van der Waals surface area contributed by atoms with Crippen LogP contribution in [0.15, 0.2) is 207 Å². The number of rotatable bonds is 71. The summed E-state index contributed by atoms with van der Waals surface area (Å²) < 4.78 is 68.4. The zero-order chi connectivity index (χ0) is 77.4. The summed E-state index contributed by atoms with van der Waals surface area (Å²) in [4.78, 5) is 73.0. The summed E-state index contributed by atoms with van der Waals surface area (Å²) in [6.45, 7) is 4.17. The minimum absolute atomic E-state index is 0.0255. The van der Waals surface area contributed by atoms with Gasteiger partial charge in [-0.2, -0.15) is 0 Å². The van der Waals surface area contributed by atoms with Crippen LogP contribution in [0.5, 0.6) is 0 Å². The van der Waals surface area contributed by atoms with E-state index < -0.39 is 97.5 Å². The minimum atomic E-state index is -5.02. The average molecular weight is 1520 g/mol. The van der Waals surface area contributed by atoms with Crippen LogP contribution >= 0.6 is 15.6 Å². The Kier molecular flexibility index (Phi) is 72.2. The highest BCUT2D eigenvalue weighted by Crippen LogP contribution is 2.45. The molecule has 0 aliphatic carbocycles. The van der Waals surface area contributed by atoms with Crippen molar-refractivity contribution >= 4 is 39.5 Å². The molecule has 17 nitrogen and oxygen atoms in total. The molecular formula is C87H136O17P2. The molecule has 5 unspecified atom stereocenters. The van der Waals surface area contributed by atoms with E-state index in [1.54, 1.807) is 12.2 Å². The molecule has 0 spiro atoms. The first-order valence-electron chi connectivity index (χ1n) is 39.3.